The Morgan fingerprint density at radius 3 is 2.28 bits per heavy atom. The molecule has 3 rings (SSSR count). The van der Waals surface area contributed by atoms with E-state index in [1.807, 2.05) is 48.5 Å². The Hall–Kier alpha value is -1.23. The predicted octanol–water partition coefficient (Wildman–Crippen LogP) is 6.79. The molecule has 0 fully saturated rings. The zero-order valence-electron chi connectivity index (χ0n) is 13.2. The highest BCUT2D eigenvalue weighted by Gasteiger charge is 2.18. The van der Waals surface area contributed by atoms with Gasteiger partial charge in [-0.05, 0) is 47.5 Å². The van der Waals surface area contributed by atoms with Gasteiger partial charge in [0.05, 0.1) is 17.7 Å². The Morgan fingerprint density at radius 1 is 0.920 bits per heavy atom. The van der Waals surface area contributed by atoms with E-state index < -0.39 is 0 Å². The Labute approximate surface area is 166 Å². The fourth-order valence-corrected chi connectivity index (χ4v) is 3.95. The third kappa shape index (κ3) is 5.13. The maximum atomic E-state index is 6.40. The van der Waals surface area contributed by atoms with Crippen molar-refractivity contribution in [3.8, 4) is 0 Å². The SMILES string of the molecule is Nc1ccc(CC(OCc2ccc(Cl)cc2)c2ccc(Cl)cc2Cl)s1. The number of hydrogen-bond acceptors (Lipinski definition) is 3. The molecule has 25 heavy (non-hydrogen) atoms. The number of nitrogens with two attached hydrogens (primary N) is 1. The maximum absolute atomic E-state index is 6.40. The van der Waals surface area contributed by atoms with Crippen molar-refractivity contribution in [2.45, 2.75) is 19.1 Å². The zero-order chi connectivity index (χ0) is 17.8. The van der Waals surface area contributed by atoms with Crippen molar-refractivity contribution in [3.05, 3.63) is 85.7 Å². The second-order valence-electron chi connectivity index (χ2n) is 5.60. The van der Waals surface area contributed by atoms with Crippen LogP contribution in [0, 0.1) is 0 Å². The first kappa shape index (κ1) is 18.6. The van der Waals surface area contributed by atoms with Crippen molar-refractivity contribution >= 4 is 51.1 Å². The maximum Gasteiger partial charge on any atom is 0.0892 e. The minimum absolute atomic E-state index is 0.196. The van der Waals surface area contributed by atoms with Crippen LogP contribution in [0.15, 0.2) is 54.6 Å². The first-order valence-corrected chi connectivity index (χ1v) is 9.61. The van der Waals surface area contributed by atoms with Crippen LogP contribution in [0.4, 0.5) is 5.00 Å². The topological polar surface area (TPSA) is 35.2 Å². The van der Waals surface area contributed by atoms with Gasteiger partial charge in [-0.15, -0.1) is 11.3 Å². The summed E-state index contributed by atoms with van der Waals surface area (Å²) in [6.45, 7) is 0.460. The monoisotopic (exact) mass is 411 g/mol. The summed E-state index contributed by atoms with van der Waals surface area (Å²) in [7, 11) is 0. The molecule has 130 valence electrons. The van der Waals surface area contributed by atoms with Crippen molar-refractivity contribution in [1.29, 1.82) is 0 Å². The number of halogens is 3. The molecule has 0 amide bonds. The van der Waals surface area contributed by atoms with E-state index in [9.17, 15) is 0 Å². The smallest absolute Gasteiger partial charge is 0.0892 e. The van der Waals surface area contributed by atoms with Crippen LogP contribution in [0.5, 0.6) is 0 Å². The fourth-order valence-electron chi connectivity index (χ4n) is 2.49. The van der Waals surface area contributed by atoms with E-state index in [0.717, 1.165) is 21.0 Å². The third-order valence-corrected chi connectivity index (χ3v) is 5.49. The van der Waals surface area contributed by atoms with Crippen molar-refractivity contribution in [2.75, 3.05) is 5.73 Å². The fraction of sp³-hybridized carbons (Fsp3) is 0.158. The number of rotatable bonds is 6. The average Bonchev–Trinajstić information content (AvgIpc) is 2.98. The van der Waals surface area contributed by atoms with E-state index >= 15 is 0 Å². The average molecular weight is 413 g/mol. The molecule has 0 saturated carbocycles. The van der Waals surface area contributed by atoms with Gasteiger partial charge in [0.25, 0.3) is 0 Å². The predicted molar refractivity (Wildman–Crippen MR) is 108 cm³/mol. The standard InChI is InChI=1S/C19H16Cl3NOS/c20-13-3-1-12(2-4-13)11-24-18(10-15-6-8-19(23)25-15)16-7-5-14(21)9-17(16)22/h1-9,18H,10-11,23H2. The molecule has 2 nitrogen and oxygen atoms in total. The number of hydrogen-bond donors (Lipinski definition) is 1. The summed E-state index contributed by atoms with van der Waals surface area (Å²) in [6, 6.07) is 17.0. The normalized spacial score (nSPS) is 12.3. The van der Waals surface area contributed by atoms with Gasteiger partial charge < -0.3 is 10.5 Å². The van der Waals surface area contributed by atoms with E-state index in [0.29, 0.717) is 28.1 Å². The molecule has 0 saturated heterocycles. The second-order valence-corrected chi connectivity index (χ2v) is 8.08. The minimum atomic E-state index is -0.196. The first-order valence-electron chi connectivity index (χ1n) is 7.66. The number of benzene rings is 2. The highest BCUT2D eigenvalue weighted by Crippen LogP contribution is 2.33. The van der Waals surface area contributed by atoms with E-state index in [2.05, 4.69) is 0 Å². The molecule has 1 aromatic heterocycles. The van der Waals surface area contributed by atoms with Gasteiger partial charge in [0.1, 0.15) is 0 Å². The van der Waals surface area contributed by atoms with Gasteiger partial charge >= 0.3 is 0 Å². The van der Waals surface area contributed by atoms with Gasteiger partial charge in [0, 0.05) is 26.4 Å². The number of thiophene rings is 1. The van der Waals surface area contributed by atoms with Crippen LogP contribution >= 0.6 is 46.1 Å². The molecule has 0 aliphatic rings. The lowest BCUT2D eigenvalue weighted by atomic mass is 10.1. The largest absolute Gasteiger partial charge is 0.391 e. The summed E-state index contributed by atoms with van der Waals surface area (Å²) < 4.78 is 6.18. The highest BCUT2D eigenvalue weighted by atomic mass is 35.5. The van der Waals surface area contributed by atoms with Crippen LogP contribution < -0.4 is 5.73 Å². The summed E-state index contributed by atoms with van der Waals surface area (Å²) in [5.74, 6) is 0. The molecule has 0 radical (unpaired) electrons. The van der Waals surface area contributed by atoms with Gasteiger partial charge in [-0.1, -0.05) is 53.0 Å². The van der Waals surface area contributed by atoms with Crippen molar-refractivity contribution < 1.29 is 4.74 Å². The van der Waals surface area contributed by atoms with Crippen molar-refractivity contribution in [1.82, 2.24) is 0 Å². The third-order valence-electron chi connectivity index (χ3n) is 3.74. The second kappa shape index (κ2) is 8.43. The van der Waals surface area contributed by atoms with Gasteiger partial charge in [0.2, 0.25) is 0 Å². The Balaban J connectivity index is 1.81. The molecule has 2 aromatic carbocycles. The van der Waals surface area contributed by atoms with Crippen molar-refractivity contribution in [3.63, 3.8) is 0 Å². The molecule has 2 N–H and O–H groups in total. The first-order chi connectivity index (χ1) is 12.0. The number of ether oxygens (including phenoxy) is 1. The van der Waals surface area contributed by atoms with E-state index in [4.69, 9.17) is 45.3 Å². The highest BCUT2D eigenvalue weighted by molar-refractivity contribution is 7.15. The minimum Gasteiger partial charge on any atom is -0.391 e. The summed E-state index contributed by atoms with van der Waals surface area (Å²) in [5, 5.41) is 2.69. The zero-order valence-corrected chi connectivity index (χ0v) is 16.3. The lowest BCUT2D eigenvalue weighted by Crippen LogP contribution is -2.08. The van der Waals surface area contributed by atoms with Crippen LogP contribution in [0.25, 0.3) is 0 Å². The molecule has 1 unspecified atom stereocenters. The van der Waals surface area contributed by atoms with E-state index in [1.54, 1.807) is 17.4 Å². The van der Waals surface area contributed by atoms with Crippen LogP contribution in [-0.2, 0) is 17.8 Å². The van der Waals surface area contributed by atoms with Crippen LogP contribution in [-0.4, -0.2) is 0 Å². The van der Waals surface area contributed by atoms with E-state index in [-0.39, 0.29) is 6.10 Å². The molecule has 0 spiro atoms. The summed E-state index contributed by atoms with van der Waals surface area (Å²) in [4.78, 5) is 1.14. The summed E-state index contributed by atoms with van der Waals surface area (Å²) in [6.07, 6.45) is 0.495. The number of anilines is 1. The molecule has 6 heteroatoms. The lowest BCUT2D eigenvalue weighted by Gasteiger charge is -2.19. The Kier molecular flexibility index (Phi) is 6.26. The Bertz CT molecular complexity index is 848. The van der Waals surface area contributed by atoms with Gasteiger partial charge in [-0.2, -0.15) is 0 Å². The molecule has 1 heterocycles. The van der Waals surface area contributed by atoms with E-state index in [1.165, 1.54) is 0 Å². The quantitative estimate of drug-likeness (QED) is 0.483. The van der Waals surface area contributed by atoms with Crippen LogP contribution in [0.3, 0.4) is 0 Å². The number of nitrogen functional groups attached to an aromatic ring is 1. The summed E-state index contributed by atoms with van der Waals surface area (Å²) in [5.41, 5.74) is 7.80. The van der Waals surface area contributed by atoms with Gasteiger partial charge in [0.15, 0.2) is 0 Å². The van der Waals surface area contributed by atoms with Gasteiger partial charge in [-0.25, -0.2) is 0 Å². The molecule has 0 aliphatic heterocycles. The molecular weight excluding hydrogens is 397 g/mol. The van der Waals surface area contributed by atoms with Crippen LogP contribution in [0.2, 0.25) is 15.1 Å². The van der Waals surface area contributed by atoms with Gasteiger partial charge in [-0.3, -0.25) is 0 Å². The molecule has 3 aromatic rings. The summed E-state index contributed by atoms with van der Waals surface area (Å²) >= 11 is 19.9. The Morgan fingerprint density at radius 2 is 1.64 bits per heavy atom. The lowest BCUT2D eigenvalue weighted by molar-refractivity contribution is 0.0405. The van der Waals surface area contributed by atoms with Crippen molar-refractivity contribution in [2.24, 2.45) is 0 Å². The molecule has 0 aliphatic carbocycles. The molecular formula is C19H16Cl3NOS. The molecule has 1 atom stereocenters. The van der Waals surface area contributed by atoms with Crippen LogP contribution in [0.1, 0.15) is 22.1 Å². The molecule has 0 bridgehead atoms.